The number of benzene rings is 1. The third-order valence-corrected chi connectivity index (χ3v) is 1.46. The fourth-order valence-electron chi connectivity index (χ4n) is 0.782. The number of phenolic OH excluding ortho intramolecular Hbond substituents is 1. The van der Waals surface area contributed by atoms with Gasteiger partial charge < -0.3 is 5.11 Å². The molecule has 0 aliphatic rings. The van der Waals surface area contributed by atoms with Crippen LogP contribution in [0.5, 0.6) is 5.75 Å². The van der Waals surface area contributed by atoms with Crippen LogP contribution in [0.25, 0.3) is 0 Å². The van der Waals surface area contributed by atoms with Gasteiger partial charge in [-0.1, -0.05) is 27.8 Å². The maximum atomic E-state index is 12.6. The van der Waals surface area contributed by atoms with Crippen molar-refractivity contribution >= 4 is 15.9 Å². The maximum Gasteiger partial charge on any atom is 0.128 e. The maximum absolute atomic E-state index is 12.6. The van der Waals surface area contributed by atoms with Gasteiger partial charge in [0, 0.05) is 11.6 Å². The predicted octanol–water partition coefficient (Wildman–Crippen LogP) is 2.28. The van der Waals surface area contributed by atoms with Gasteiger partial charge >= 0.3 is 0 Å². The molecule has 0 aromatic heterocycles. The lowest BCUT2D eigenvalue weighted by molar-refractivity contribution is 0.469. The van der Waals surface area contributed by atoms with E-state index in [2.05, 4.69) is 27.8 Å². The Morgan fingerprint density at radius 3 is 2.75 bits per heavy atom. The summed E-state index contributed by atoms with van der Waals surface area (Å²) < 4.78 is 12.6. The Morgan fingerprint density at radius 2 is 2.17 bits per heavy atom. The highest BCUT2D eigenvalue weighted by Crippen LogP contribution is 2.13. The monoisotopic (exact) mass is 228 g/mol. The van der Waals surface area contributed by atoms with Crippen LogP contribution in [0.4, 0.5) is 4.39 Å². The molecule has 0 bridgehead atoms. The number of alkyl halides is 1. The molecule has 0 unspecified atom stereocenters. The SMILES string of the molecule is Oc1cc(F)cc(C#CCBr)c1. The van der Waals surface area contributed by atoms with Gasteiger partial charge in [-0.05, 0) is 12.1 Å². The van der Waals surface area contributed by atoms with Gasteiger partial charge in [0.2, 0.25) is 0 Å². The molecule has 0 heterocycles. The predicted molar refractivity (Wildman–Crippen MR) is 48.7 cm³/mol. The van der Waals surface area contributed by atoms with Crippen LogP contribution in [0.15, 0.2) is 18.2 Å². The minimum absolute atomic E-state index is 0.103. The van der Waals surface area contributed by atoms with Crippen LogP contribution in [0.2, 0.25) is 0 Å². The highest BCUT2D eigenvalue weighted by Gasteiger charge is 1.95. The Bertz CT molecular complexity index is 318. The number of rotatable bonds is 0. The van der Waals surface area contributed by atoms with E-state index in [1.807, 2.05) is 0 Å². The summed E-state index contributed by atoms with van der Waals surface area (Å²) >= 11 is 3.11. The summed E-state index contributed by atoms with van der Waals surface area (Å²) in [6, 6.07) is 3.73. The quantitative estimate of drug-likeness (QED) is 0.534. The van der Waals surface area contributed by atoms with E-state index in [4.69, 9.17) is 5.11 Å². The molecule has 3 heteroatoms. The summed E-state index contributed by atoms with van der Waals surface area (Å²) in [5.41, 5.74) is 0.479. The number of hydrogen-bond donors (Lipinski definition) is 1. The molecule has 0 aliphatic carbocycles. The molecule has 0 radical (unpaired) electrons. The summed E-state index contributed by atoms with van der Waals surface area (Å²) in [6.07, 6.45) is 0. The second-order valence-corrected chi connectivity index (χ2v) is 2.69. The lowest BCUT2D eigenvalue weighted by Gasteiger charge is -1.93. The van der Waals surface area contributed by atoms with Gasteiger partial charge in [-0.15, -0.1) is 0 Å². The molecule has 1 rings (SSSR count). The number of halogens is 2. The highest BCUT2D eigenvalue weighted by molar-refractivity contribution is 9.09. The highest BCUT2D eigenvalue weighted by atomic mass is 79.9. The second kappa shape index (κ2) is 4.13. The Hall–Kier alpha value is -1.01. The van der Waals surface area contributed by atoms with E-state index in [0.717, 1.165) is 6.07 Å². The molecule has 0 fully saturated rings. The van der Waals surface area contributed by atoms with E-state index in [9.17, 15) is 4.39 Å². The minimum atomic E-state index is -0.478. The van der Waals surface area contributed by atoms with Gasteiger partial charge in [-0.2, -0.15) is 0 Å². The van der Waals surface area contributed by atoms with Gasteiger partial charge in [0.15, 0.2) is 0 Å². The number of hydrogen-bond acceptors (Lipinski definition) is 1. The Labute approximate surface area is 78.4 Å². The summed E-state index contributed by atoms with van der Waals surface area (Å²) in [6.45, 7) is 0. The molecule has 1 aromatic carbocycles. The fourth-order valence-corrected chi connectivity index (χ4v) is 0.922. The molecule has 0 atom stereocenters. The van der Waals surface area contributed by atoms with Crippen molar-refractivity contribution < 1.29 is 9.50 Å². The molecule has 12 heavy (non-hydrogen) atoms. The van der Waals surface area contributed by atoms with Crippen LogP contribution in [-0.4, -0.2) is 10.4 Å². The van der Waals surface area contributed by atoms with Crippen LogP contribution in [0.1, 0.15) is 5.56 Å². The first-order chi connectivity index (χ1) is 5.72. The van der Waals surface area contributed by atoms with E-state index in [0.29, 0.717) is 10.9 Å². The van der Waals surface area contributed by atoms with Crippen molar-refractivity contribution in [2.45, 2.75) is 0 Å². The van der Waals surface area contributed by atoms with E-state index in [1.165, 1.54) is 12.1 Å². The fraction of sp³-hybridized carbons (Fsp3) is 0.111. The normalized spacial score (nSPS) is 8.83. The summed E-state index contributed by atoms with van der Waals surface area (Å²) in [4.78, 5) is 0. The molecule has 0 spiro atoms. The van der Waals surface area contributed by atoms with E-state index >= 15 is 0 Å². The Morgan fingerprint density at radius 1 is 1.42 bits per heavy atom. The first-order valence-electron chi connectivity index (χ1n) is 3.27. The molecular weight excluding hydrogens is 223 g/mol. The smallest absolute Gasteiger partial charge is 0.128 e. The van der Waals surface area contributed by atoms with E-state index < -0.39 is 5.82 Å². The van der Waals surface area contributed by atoms with Crippen molar-refractivity contribution in [3.05, 3.63) is 29.6 Å². The second-order valence-electron chi connectivity index (χ2n) is 2.13. The van der Waals surface area contributed by atoms with Crippen LogP contribution in [0, 0.1) is 17.7 Å². The minimum Gasteiger partial charge on any atom is -0.508 e. The molecular formula is C9H6BrFO. The molecule has 0 amide bonds. The van der Waals surface area contributed by atoms with Crippen molar-refractivity contribution in [2.24, 2.45) is 0 Å². The Kier molecular flexibility index (Phi) is 3.12. The van der Waals surface area contributed by atoms with E-state index in [-0.39, 0.29) is 5.75 Å². The van der Waals surface area contributed by atoms with Crippen molar-refractivity contribution in [3.63, 3.8) is 0 Å². The average molecular weight is 229 g/mol. The van der Waals surface area contributed by atoms with Crippen LogP contribution < -0.4 is 0 Å². The van der Waals surface area contributed by atoms with Gasteiger partial charge in [0.1, 0.15) is 11.6 Å². The Balaban J connectivity index is 3.01. The lowest BCUT2D eigenvalue weighted by Crippen LogP contribution is -1.78. The molecule has 1 aromatic rings. The number of aromatic hydroxyl groups is 1. The zero-order chi connectivity index (χ0) is 8.97. The van der Waals surface area contributed by atoms with Gasteiger partial charge in [-0.3, -0.25) is 0 Å². The standard InChI is InChI=1S/C9H6BrFO/c10-3-1-2-7-4-8(11)6-9(12)5-7/h4-6,12H,3H2. The zero-order valence-electron chi connectivity index (χ0n) is 6.14. The van der Waals surface area contributed by atoms with Crippen molar-refractivity contribution in [3.8, 4) is 17.6 Å². The molecule has 62 valence electrons. The average Bonchev–Trinajstić information content (AvgIpc) is 1.99. The summed E-state index contributed by atoms with van der Waals surface area (Å²) in [7, 11) is 0. The first kappa shape index (κ1) is 9.08. The van der Waals surface area contributed by atoms with Crippen molar-refractivity contribution in [1.29, 1.82) is 0 Å². The van der Waals surface area contributed by atoms with E-state index in [1.54, 1.807) is 0 Å². The van der Waals surface area contributed by atoms with Crippen LogP contribution >= 0.6 is 15.9 Å². The molecule has 1 nitrogen and oxygen atoms in total. The first-order valence-corrected chi connectivity index (χ1v) is 4.39. The lowest BCUT2D eigenvalue weighted by atomic mass is 10.2. The molecule has 1 N–H and O–H groups in total. The third kappa shape index (κ3) is 2.55. The van der Waals surface area contributed by atoms with Gasteiger partial charge in [0.25, 0.3) is 0 Å². The number of phenols is 1. The van der Waals surface area contributed by atoms with Gasteiger partial charge in [0.05, 0.1) is 5.33 Å². The van der Waals surface area contributed by atoms with Crippen LogP contribution in [-0.2, 0) is 0 Å². The molecule has 0 saturated heterocycles. The summed E-state index contributed by atoms with van der Waals surface area (Å²) in [5.74, 6) is 4.81. The molecule has 0 saturated carbocycles. The third-order valence-electron chi connectivity index (χ3n) is 1.18. The largest absolute Gasteiger partial charge is 0.508 e. The van der Waals surface area contributed by atoms with Gasteiger partial charge in [-0.25, -0.2) is 4.39 Å². The van der Waals surface area contributed by atoms with Crippen LogP contribution in [0.3, 0.4) is 0 Å². The van der Waals surface area contributed by atoms with Crippen molar-refractivity contribution in [1.82, 2.24) is 0 Å². The topological polar surface area (TPSA) is 20.2 Å². The zero-order valence-corrected chi connectivity index (χ0v) is 7.73. The van der Waals surface area contributed by atoms with Crippen molar-refractivity contribution in [2.75, 3.05) is 5.33 Å². The molecule has 0 aliphatic heterocycles. The summed E-state index contributed by atoms with van der Waals surface area (Å²) in [5, 5.41) is 9.51.